The number of rotatable bonds is 4. The van der Waals surface area contributed by atoms with Crippen LogP contribution in [-0.4, -0.2) is 23.9 Å². The molecule has 2 rings (SSSR count). The van der Waals surface area contributed by atoms with Crippen LogP contribution >= 0.6 is 0 Å². The first kappa shape index (κ1) is 13.3. The summed E-state index contributed by atoms with van der Waals surface area (Å²) in [4.78, 5) is 22.2. The van der Waals surface area contributed by atoms with Gasteiger partial charge in [0.2, 0.25) is 0 Å². The summed E-state index contributed by atoms with van der Waals surface area (Å²) >= 11 is 0. The molecule has 0 aliphatic carbocycles. The van der Waals surface area contributed by atoms with Crippen LogP contribution in [0.5, 0.6) is 0 Å². The fourth-order valence-electron chi connectivity index (χ4n) is 2.50. The topological polar surface area (TPSA) is 48.3 Å². The summed E-state index contributed by atoms with van der Waals surface area (Å²) in [5.41, 5.74) is 4.14. The molecule has 0 saturated carbocycles. The van der Waals surface area contributed by atoms with Crippen LogP contribution in [0.2, 0.25) is 0 Å². The minimum atomic E-state index is -0.273. The van der Waals surface area contributed by atoms with Crippen LogP contribution in [0.3, 0.4) is 0 Å². The van der Waals surface area contributed by atoms with Crippen molar-refractivity contribution in [2.24, 2.45) is 0 Å². The Kier molecular flexibility index (Phi) is 3.69. The third kappa shape index (κ3) is 2.52. The quantitative estimate of drug-likeness (QED) is 0.624. The SMILES string of the molecule is COC(=O)Cc1cn(CC=O)c2cc(C)cc(C)c12. The zero-order valence-corrected chi connectivity index (χ0v) is 11.4. The summed E-state index contributed by atoms with van der Waals surface area (Å²) in [5, 5.41) is 1.04. The molecule has 0 saturated heterocycles. The molecule has 0 bridgehead atoms. The Morgan fingerprint density at radius 2 is 2.11 bits per heavy atom. The first-order valence-electron chi connectivity index (χ1n) is 6.16. The number of carbonyl (C=O) groups is 2. The zero-order chi connectivity index (χ0) is 14.0. The zero-order valence-electron chi connectivity index (χ0n) is 11.4. The lowest BCUT2D eigenvalue weighted by molar-refractivity contribution is -0.139. The smallest absolute Gasteiger partial charge is 0.310 e. The first-order valence-corrected chi connectivity index (χ1v) is 6.16. The molecule has 19 heavy (non-hydrogen) atoms. The van der Waals surface area contributed by atoms with E-state index in [4.69, 9.17) is 4.74 Å². The molecule has 0 atom stereocenters. The van der Waals surface area contributed by atoms with Crippen molar-refractivity contribution in [1.82, 2.24) is 4.57 Å². The molecule has 1 aromatic carbocycles. The standard InChI is InChI=1S/C15H17NO3/c1-10-6-11(2)15-12(8-14(18)19-3)9-16(4-5-17)13(15)7-10/h5-7,9H,4,8H2,1-3H3. The lowest BCUT2D eigenvalue weighted by atomic mass is 10.0. The number of carbonyl (C=O) groups excluding carboxylic acids is 2. The van der Waals surface area contributed by atoms with Crippen LogP contribution in [0, 0.1) is 13.8 Å². The Labute approximate surface area is 112 Å². The van der Waals surface area contributed by atoms with Gasteiger partial charge in [0, 0.05) is 17.1 Å². The Balaban J connectivity index is 2.63. The van der Waals surface area contributed by atoms with Crippen molar-refractivity contribution in [1.29, 1.82) is 0 Å². The van der Waals surface area contributed by atoms with E-state index < -0.39 is 0 Å². The highest BCUT2D eigenvalue weighted by atomic mass is 16.5. The van der Waals surface area contributed by atoms with Crippen LogP contribution in [0.1, 0.15) is 16.7 Å². The largest absolute Gasteiger partial charge is 0.469 e. The van der Waals surface area contributed by atoms with E-state index in [2.05, 4.69) is 6.07 Å². The monoisotopic (exact) mass is 259 g/mol. The molecule has 100 valence electrons. The number of benzene rings is 1. The molecule has 1 heterocycles. The van der Waals surface area contributed by atoms with Gasteiger partial charge in [0.25, 0.3) is 0 Å². The maximum atomic E-state index is 11.5. The van der Waals surface area contributed by atoms with Gasteiger partial charge in [0.1, 0.15) is 6.29 Å². The minimum Gasteiger partial charge on any atom is -0.469 e. The number of methoxy groups -OCH3 is 1. The number of aromatic nitrogens is 1. The predicted octanol–water partition coefficient (Wildman–Crippen LogP) is 2.17. The van der Waals surface area contributed by atoms with Crippen molar-refractivity contribution in [3.63, 3.8) is 0 Å². The normalized spacial score (nSPS) is 10.7. The molecule has 2 aromatic rings. The molecule has 0 fully saturated rings. The lowest BCUT2D eigenvalue weighted by Gasteiger charge is -2.04. The van der Waals surface area contributed by atoms with Crippen LogP contribution in [0.25, 0.3) is 10.9 Å². The molecule has 0 N–H and O–H groups in total. The van der Waals surface area contributed by atoms with Crippen molar-refractivity contribution < 1.29 is 14.3 Å². The second kappa shape index (κ2) is 5.26. The molecule has 4 nitrogen and oxygen atoms in total. The molecule has 0 aliphatic heterocycles. The molecular weight excluding hydrogens is 242 g/mol. The molecule has 0 amide bonds. The van der Waals surface area contributed by atoms with Gasteiger partial charge in [0.05, 0.1) is 20.1 Å². The van der Waals surface area contributed by atoms with Crippen molar-refractivity contribution in [3.8, 4) is 0 Å². The Hall–Kier alpha value is -2.10. The fourth-order valence-corrected chi connectivity index (χ4v) is 2.50. The number of fused-ring (bicyclic) bond motifs is 1. The third-order valence-electron chi connectivity index (χ3n) is 3.23. The van der Waals surface area contributed by atoms with E-state index in [0.29, 0.717) is 6.54 Å². The van der Waals surface area contributed by atoms with Crippen molar-refractivity contribution in [2.45, 2.75) is 26.8 Å². The second-order valence-electron chi connectivity index (χ2n) is 4.70. The number of aldehydes is 1. The lowest BCUT2D eigenvalue weighted by Crippen LogP contribution is -2.04. The first-order chi connectivity index (χ1) is 9.06. The second-order valence-corrected chi connectivity index (χ2v) is 4.70. The average molecular weight is 259 g/mol. The summed E-state index contributed by atoms with van der Waals surface area (Å²) in [6, 6.07) is 4.11. The van der Waals surface area contributed by atoms with Crippen LogP contribution in [-0.2, 0) is 27.3 Å². The maximum absolute atomic E-state index is 11.5. The van der Waals surface area contributed by atoms with Crippen LogP contribution in [0.15, 0.2) is 18.3 Å². The van der Waals surface area contributed by atoms with Gasteiger partial charge in [0.15, 0.2) is 0 Å². The van der Waals surface area contributed by atoms with Gasteiger partial charge in [-0.25, -0.2) is 0 Å². The van der Waals surface area contributed by atoms with E-state index in [1.54, 1.807) is 0 Å². The van der Waals surface area contributed by atoms with E-state index in [1.807, 2.05) is 30.7 Å². The van der Waals surface area contributed by atoms with Gasteiger partial charge in [-0.05, 0) is 36.6 Å². The summed E-state index contributed by atoms with van der Waals surface area (Å²) in [6.07, 6.45) is 2.95. The summed E-state index contributed by atoms with van der Waals surface area (Å²) in [5.74, 6) is -0.273. The van der Waals surface area contributed by atoms with Gasteiger partial charge in [-0.1, -0.05) is 6.07 Å². The third-order valence-corrected chi connectivity index (χ3v) is 3.23. The van der Waals surface area contributed by atoms with E-state index in [-0.39, 0.29) is 12.4 Å². The van der Waals surface area contributed by atoms with E-state index in [0.717, 1.165) is 33.9 Å². The van der Waals surface area contributed by atoms with E-state index in [1.165, 1.54) is 7.11 Å². The van der Waals surface area contributed by atoms with Crippen molar-refractivity contribution in [3.05, 3.63) is 35.0 Å². The number of esters is 1. The van der Waals surface area contributed by atoms with Crippen molar-refractivity contribution in [2.75, 3.05) is 7.11 Å². The average Bonchev–Trinajstić information content (AvgIpc) is 2.68. The van der Waals surface area contributed by atoms with E-state index in [9.17, 15) is 9.59 Å². The Bertz CT molecular complexity index is 640. The van der Waals surface area contributed by atoms with Gasteiger partial charge < -0.3 is 14.1 Å². The molecule has 1 aromatic heterocycles. The van der Waals surface area contributed by atoms with Crippen LogP contribution < -0.4 is 0 Å². The summed E-state index contributed by atoms with van der Waals surface area (Å²) in [7, 11) is 1.38. The minimum absolute atomic E-state index is 0.225. The molecule has 4 heteroatoms. The summed E-state index contributed by atoms with van der Waals surface area (Å²) in [6.45, 7) is 4.33. The Morgan fingerprint density at radius 3 is 2.74 bits per heavy atom. The maximum Gasteiger partial charge on any atom is 0.310 e. The van der Waals surface area contributed by atoms with Gasteiger partial charge in [-0.2, -0.15) is 0 Å². The molecule has 0 unspecified atom stereocenters. The van der Waals surface area contributed by atoms with Gasteiger partial charge >= 0.3 is 5.97 Å². The number of hydrogen-bond acceptors (Lipinski definition) is 3. The predicted molar refractivity (Wildman–Crippen MR) is 73.2 cm³/mol. The summed E-state index contributed by atoms with van der Waals surface area (Å²) < 4.78 is 6.59. The van der Waals surface area contributed by atoms with Gasteiger partial charge in [-0.3, -0.25) is 4.79 Å². The number of nitrogens with zero attached hydrogens (tertiary/aromatic N) is 1. The van der Waals surface area contributed by atoms with E-state index >= 15 is 0 Å². The fraction of sp³-hybridized carbons (Fsp3) is 0.333. The number of ether oxygens (including phenoxy) is 1. The van der Waals surface area contributed by atoms with Crippen molar-refractivity contribution >= 4 is 23.2 Å². The molecular formula is C15H17NO3. The highest BCUT2D eigenvalue weighted by molar-refractivity contribution is 5.91. The molecule has 0 aliphatic rings. The molecule has 0 radical (unpaired) electrons. The highest BCUT2D eigenvalue weighted by Gasteiger charge is 2.14. The highest BCUT2D eigenvalue weighted by Crippen LogP contribution is 2.27. The van der Waals surface area contributed by atoms with Gasteiger partial charge in [-0.15, -0.1) is 0 Å². The number of aryl methyl sites for hydroxylation is 2. The Morgan fingerprint density at radius 1 is 1.37 bits per heavy atom. The number of hydrogen-bond donors (Lipinski definition) is 0. The molecule has 0 spiro atoms. The van der Waals surface area contributed by atoms with Crippen LogP contribution in [0.4, 0.5) is 0 Å².